The van der Waals surface area contributed by atoms with Crippen LogP contribution in [0.2, 0.25) is 0 Å². The number of nitrogens with zero attached hydrogens (tertiary/aromatic N) is 4. The molecule has 1 aromatic carbocycles. The predicted molar refractivity (Wildman–Crippen MR) is 118 cm³/mol. The van der Waals surface area contributed by atoms with E-state index in [9.17, 15) is 0 Å². The van der Waals surface area contributed by atoms with E-state index in [1.54, 1.807) is 24.6 Å². The average molecular weight is 482 g/mol. The summed E-state index contributed by atoms with van der Waals surface area (Å²) in [4.78, 5) is 10.1. The lowest BCUT2D eigenvalue weighted by molar-refractivity contribution is 0.801. The lowest BCUT2D eigenvalue weighted by atomic mass is 10.2. The summed E-state index contributed by atoms with van der Waals surface area (Å²) in [5.74, 6) is 0.759. The summed E-state index contributed by atoms with van der Waals surface area (Å²) in [6.45, 7) is 5.49. The van der Waals surface area contributed by atoms with E-state index in [-0.39, 0.29) is 24.0 Å². The third kappa shape index (κ3) is 5.28. The SMILES string of the molecule is CN=C(NCc1cccc(-n2cccn2)c1)NCc1nc(C)c(C)s1.I. The van der Waals surface area contributed by atoms with E-state index in [4.69, 9.17) is 0 Å². The molecular weight excluding hydrogens is 459 g/mol. The van der Waals surface area contributed by atoms with Crippen LogP contribution in [0.1, 0.15) is 21.1 Å². The van der Waals surface area contributed by atoms with Crippen LogP contribution in [0.25, 0.3) is 5.69 Å². The molecule has 0 saturated heterocycles. The summed E-state index contributed by atoms with van der Waals surface area (Å²) in [5.41, 5.74) is 3.30. The highest BCUT2D eigenvalue weighted by molar-refractivity contribution is 14.0. The van der Waals surface area contributed by atoms with E-state index in [0.29, 0.717) is 13.1 Å². The molecule has 2 N–H and O–H groups in total. The van der Waals surface area contributed by atoms with Crippen molar-refractivity contribution in [3.8, 4) is 5.69 Å². The average Bonchev–Trinajstić information content (AvgIpc) is 3.26. The Kier molecular flexibility index (Phi) is 7.58. The first-order chi connectivity index (χ1) is 12.2. The zero-order chi connectivity index (χ0) is 17.6. The van der Waals surface area contributed by atoms with Crippen molar-refractivity contribution in [2.75, 3.05) is 7.05 Å². The number of thiazole rings is 1. The maximum atomic E-state index is 4.54. The smallest absolute Gasteiger partial charge is 0.191 e. The minimum Gasteiger partial charge on any atom is -0.352 e. The second-order valence-corrected chi connectivity index (χ2v) is 6.94. The zero-order valence-electron chi connectivity index (χ0n) is 15.1. The Bertz CT molecular complexity index is 837. The number of rotatable bonds is 5. The van der Waals surface area contributed by atoms with Crippen molar-refractivity contribution in [3.63, 3.8) is 0 Å². The van der Waals surface area contributed by atoms with Crippen molar-refractivity contribution in [1.82, 2.24) is 25.4 Å². The molecule has 8 heteroatoms. The highest BCUT2D eigenvalue weighted by atomic mass is 127. The van der Waals surface area contributed by atoms with Crippen LogP contribution in [0.3, 0.4) is 0 Å². The summed E-state index contributed by atoms with van der Waals surface area (Å²) in [6, 6.07) is 10.2. The number of nitrogens with one attached hydrogen (secondary N) is 2. The minimum absolute atomic E-state index is 0. The maximum absolute atomic E-state index is 4.54. The first kappa shape index (κ1) is 20.4. The number of aromatic nitrogens is 3. The van der Waals surface area contributed by atoms with Gasteiger partial charge < -0.3 is 10.6 Å². The van der Waals surface area contributed by atoms with Gasteiger partial charge in [-0.1, -0.05) is 12.1 Å². The molecule has 6 nitrogen and oxygen atoms in total. The highest BCUT2D eigenvalue weighted by Crippen LogP contribution is 2.16. The van der Waals surface area contributed by atoms with Crippen LogP contribution >= 0.6 is 35.3 Å². The Morgan fingerprint density at radius 2 is 2.00 bits per heavy atom. The molecule has 0 aliphatic heterocycles. The standard InChI is InChI=1S/C18H22N6S.HI/c1-13-14(2)25-17(23-13)12-21-18(19-3)20-11-15-6-4-7-16(10-15)24-9-5-8-22-24;/h4-10H,11-12H2,1-3H3,(H2,19,20,21);1H. The molecule has 3 aromatic rings. The van der Waals surface area contributed by atoms with Crippen LogP contribution in [0.4, 0.5) is 0 Å². The summed E-state index contributed by atoms with van der Waals surface area (Å²) in [7, 11) is 1.77. The molecule has 138 valence electrons. The van der Waals surface area contributed by atoms with Crippen LogP contribution in [0.5, 0.6) is 0 Å². The predicted octanol–water partition coefficient (Wildman–Crippen LogP) is 3.43. The number of hydrogen-bond donors (Lipinski definition) is 2. The molecule has 2 heterocycles. The van der Waals surface area contributed by atoms with E-state index in [0.717, 1.165) is 27.9 Å². The highest BCUT2D eigenvalue weighted by Gasteiger charge is 2.05. The number of aryl methyl sites for hydroxylation is 2. The Morgan fingerprint density at radius 1 is 1.19 bits per heavy atom. The van der Waals surface area contributed by atoms with E-state index in [2.05, 4.69) is 44.8 Å². The lowest BCUT2D eigenvalue weighted by Gasteiger charge is -2.11. The second kappa shape index (κ2) is 9.67. The Hall–Kier alpha value is -1.94. The Morgan fingerprint density at radius 3 is 2.65 bits per heavy atom. The van der Waals surface area contributed by atoms with Crippen molar-refractivity contribution in [1.29, 1.82) is 0 Å². The molecule has 0 aliphatic rings. The van der Waals surface area contributed by atoms with Crippen molar-refractivity contribution in [2.45, 2.75) is 26.9 Å². The van der Waals surface area contributed by atoms with Gasteiger partial charge >= 0.3 is 0 Å². The first-order valence-electron chi connectivity index (χ1n) is 8.12. The molecule has 0 aliphatic carbocycles. The van der Waals surface area contributed by atoms with Gasteiger partial charge in [0.1, 0.15) is 5.01 Å². The van der Waals surface area contributed by atoms with Crippen molar-refractivity contribution in [2.24, 2.45) is 4.99 Å². The molecular formula is C18H23IN6S. The van der Waals surface area contributed by atoms with Gasteiger partial charge in [0.15, 0.2) is 5.96 Å². The molecule has 0 unspecified atom stereocenters. The van der Waals surface area contributed by atoms with E-state index < -0.39 is 0 Å². The summed E-state index contributed by atoms with van der Waals surface area (Å²) < 4.78 is 1.85. The van der Waals surface area contributed by atoms with Crippen LogP contribution in [-0.4, -0.2) is 27.8 Å². The van der Waals surface area contributed by atoms with Gasteiger partial charge in [-0.3, -0.25) is 4.99 Å². The monoisotopic (exact) mass is 482 g/mol. The lowest BCUT2D eigenvalue weighted by Crippen LogP contribution is -2.36. The van der Waals surface area contributed by atoms with Gasteiger partial charge in [0.05, 0.1) is 17.9 Å². The Labute approximate surface area is 174 Å². The van der Waals surface area contributed by atoms with Gasteiger partial charge in [-0.25, -0.2) is 9.67 Å². The molecule has 3 rings (SSSR count). The topological polar surface area (TPSA) is 67.1 Å². The number of benzene rings is 1. The van der Waals surface area contributed by atoms with Crippen LogP contribution < -0.4 is 10.6 Å². The zero-order valence-corrected chi connectivity index (χ0v) is 18.2. The van der Waals surface area contributed by atoms with Gasteiger partial charge in [0.25, 0.3) is 0 Å². The number of halogens is 1. The van der Waals surface area contributed by atoms with Crippen LogP contribution in [0, 0.1) is 13.8 Å². The molecule has 0 amide bonds. The first-order valence-corrected chi connectivity index (χ1v) is 8.94. The molecule has 0 atom stereocenters. The summed E-state index contributed by atoms with van der Waals surface area (Å²) >= 11 is 1.72. The fourth-order valence-corrected chi connectivity index (χ4v) is 3.28. The van der Waals surface area contributed by atoms with Crippen molar-refractivity contribution in [3.05, 3.63) is 63.9 Å². The van der Waals surface area contributed by atoms with E-state index in [1.807, 2.05) is 36.0 Å². The molecule has 0 saturated carbocycles. The van der Waals surface area contributed by atoms with Crippen LogP contribution in [-0.2, 0) is 13.1 Å². The second-order valence-electron chi connectivity index (χ2n) is 5.65. The van der Waals surface area contributed by atoms with Gasteiger partial charge in [-0.2, -0.15) is 5.10 Å². The fraction of sp³-hybridized carbons (Fsp3) is 0.278. The quantitative estimate of drug-likeness (QED) is 0.332. The third-order valence-corrected chi connectivity index (χ3v) is 4.92. The van der Waals surface area contributed by atoms with Crippen molar-refractivity contribution < 1.29 is 0 Å². The molecule has 26 heavy (non-hydrogen) atoms. The number of guanidine groups is 1. The number of aliphatic imine (C=N–C) groups is 1. The molecule has 0 fully saturated rings. The summed E-state index contributed by atoms with van der Waals surface area (Å²) in [5, 5.41) is 12.0. The maximum Gasteiger partial charge on any atom is 0.191 e. The van der Waals surface area contributed by atoms with Crippen molar-refractivity contribution >= 4 is 41.3 Å². The molecule has 0 spiro atoms. The van der Waals surface area contributed by atoms with Gasteiger partial charge in [0.2, 0.25) is 0 Å². The van der Waals surface area contributed by atoms with E-state index >= 15 is 0 Å². The van der Waals surface area contributed by atoms with Gasteiger partial charge in [-0.15, -0.1) is 35.3 Å². The molecule has 0 bridgehead atoms. The summed E-state index contributed by atoms with van der Waals surface area (Å²) in [6.07, 6.45) is 3.71. The van der Waals surface area contributed by atoms with E-state index in [1.165, 1.54) is 4.88 Å². The van der Waals surface area contributed by atoms with Gasteiger partial charge in [0, 0.05) is 30.9 Å². The largest absolute Gasteiger partial charge is 0.352 e. The Balaban J connectivity index is 0.00000243. The number of hydrogen-bond acceptors (Lipinski definition) is 4. The molecule has 2 aromatic heterocycles. The fourth-order valence-electron chi connectivity index (χ4n) is 2.41. The van der Waals surface area contributed by atoms with Gasteiger partial charge in [-0.05, 0) is 37.6 Å². The minimum atomic E-state index is 0. The molecule has 0 radical (unpaired) electrons. The van der Waals surface area contributed by atoms with Crippen LogP contribution in [0.15, 0.2) is 47.7 Å². The third-order valence-electron chi connectivity index (χ3n) is 3.84. The normalized spacial score (nSPS) is 11.1.